The molecule has 452 valence electrons. The molecule has 0 amide bonds. The number of nitrogens with one attached hydrogen (secondary N) is 4. The summed E-state index contributed by atoms with van der Waals surface area (Å²) >= 11 is 3.11. The minimum absolute atomic E-state index is 0. The fourth-order valence-electron chi connectivity index (χ4n) is 11.6. The Morgan fingerprint density at radius 1 is 0.482 bits per heavy atom. The van der Waals surface area contributed by atoms with Crippen LogP contribution in [0.15, 0.2) is 95.7 Å². The number of thiophene rings is 2. The van der Waals surface area contributed by atoms with Crippen LogP contribution in [-0.2, 0) is 9.13 Å². The zero-order chi connectivity index (χ0) is 58.5. The Morgan fingerprint density at radius 3 is 1.41 bits per heavy atom. The minimum atomic E-state index is -2.50. The average Bonchev–Trinajstić information content (AvgIpc) is 3.15. The number of methoxy groups -OCH3 is 2. The van der Waals surface area contributed by atoms with E-state index in [1.54, 1.807) is 63.6 Å². The van der Waals surface area contributed by atoms with E-state index in [1.165, 1.54) is 0 Å². The number of piperazine rings is 2. The largest absolute Gasteiger partial charge is 0.479 e. The normalized spacial score (nSPS) is 17.3. The van der Waals surface area contributed by atoms with E-state index in [9.17, 15) is 9.13 Å². The van der Waals surface area contributed by atoms with Crippen molar-refractivity contribution < 1.29 is 18.6 Å². The van der Waals surface area contributed by atoms with Gasteiger partial charge in [0.25, 0.3) is 0 Å². The van der Waals surface area contributed by atoms with Gasteiger partial charge in [-0.3, -0.25) is 9.80 Å². The van der Waals surface area contributed by atoms with Gasteiger partial charge in [0.05, 0.1) is 41.2 Å². The first-order valence-corrected chi connectivity index (χ1v) is 35.9. The van der Waals surface area contributed by atoms with Crippen LogP contribution in [0.3, 0.4) is 0 Å². The first-order chi connectivity index (χ1) is 40.6. The Balaban J connectivity index is 0.000000187. The minimum Gasteiger partial charge on any atom is -0.479 e. The Hall–Kier alpha value is -6.48. The molecule has 6 aromatic heterocycles. The van der Waals surface area contributed by atoms with Crippen molar-refractivity contribution in [3.8, 4) is 11.8 Å². The molecule has 10 heterocycles. The highest BCUT2D eigenvalue weighted by Crippen LogP contribution is 2.42. The third-order valence-corrected chi connectivity index (χ3v) is 21.2. The number of para-hydroxylation sites is 2. The van der Waals surface area contributed by atoms with Gasteiger partial charge < -0.3 is 59.5 Å². The quantitative estimate of drug-likeness (QED) is 0.0666. The third-order valence-electron chi connectivity index (χ3n) is 16.4. The maximum Gasteiger partial charge on any atom is 0.239 e. The molecule has 2 aromatic carbocycles. The highest BCUT2D eigenvalue weighted by atomic mass is 32.1. The van der Waals surface area contributed by atoms with Crippen molar-refractivity contribution in [2.75, 3.05) is 165 Å². The molecule has 0 aliphatic carbocycles. The van der Waals surface area contributed by atoms with Crippen LogP contribution in [0.1, 0.15) is 33.1 Å². The topological polar surface area (TPSA) is 198 Å². The molecule has 12 rings (SSSR count). The lowest BCUT2D eigenvalue weighted by atomic mass is 10.0. The molecule has 4 aliphatic heterocycles. The highest BCUT2D eigenvalue weighted by molar-refractivity contribution is 7.70. The molecule has 85 heavy (non-hydrogen) atoms. The summed E-state index contributed by atoms with van der Waals surface area (Å²) in [6.45, 7) is 20.3. The second kappa shape index (κ2) is 27.1. The molecule has 0 bridgehead atoms. The molecular formula is C61H82N16O4P2S2. The van der Waals surface area contributed by atoms with E-state index in [4.69, 9.17) is 39.4 Å². The van der Waals surface area contributed by atoms with E-state index in [1.807, 2.05) is 95.7 Å². The van der Waals surface area contributed by atoms with Crippen molar-refractivity contribution in [2.45, 2.75) is 45.2 Å². The number of hydrogen-bond donors (Lipinski definition) is 4. The van der Waals surface area contributed by atoms with Crippen LogP contribution in [0.25, 0.3) is 20.4 Å². The molecule has 0 radical (unpaired) electrons. The standard InChI is InChI=1S/2C30H39N8O2PS.CH4/c1-36-16-18-37(19-17-36)21-11-14-38(15-12-21)26-10-9-24(28(33-26)40-2)32-30-34-27(22-13-20-42-29(22)35-30)31-23-7-5-6-8-25(23)41(3,4)39;1-36-16-18-37(19-17-36)21-11-14-38(15-12-21)26-10-9-24(29(34-26)40-2)33-30-32-23-13-20-42-27(23)28(35-30)31-22-7-5-6-8-25(22)41(3,4)39;/h5-10,13,20-21H,11-12,14-19H2,1-4H3,(H2,31,32,34,35);5-10,13,20-21H,11-12,14-19H2,1-4H3,(H2,31,32,33,35);1H4. The van der Waals surface area contributed by atoms with Crippen LogP contribution >= 0.6 is 37.0 Å². The maximum atomic E-state index is 13.0. The molecule has 4 N–H and O–H groups in total. The molecular weight excluding hydrogens is 1150 g/mol. The molecule has 4 aliphatic rings. The number of likely N-dealkylation sites (N-methyl/N-ethyl adjacent to an activating group) is 2. The number of hydrogen-bond acceptors (Lipinski definition) is 22. The predicted molar refractivity (Wildman–Crippen MR) is 356 cm³/mol. The molecule has 20 nitrogen and oxygen atoms in total. The molecule has 0 saturated carbocycles. The van der Waals surface area contributed by atoms with Gasteiger partial charge in [0.1, 0.15) is 47.9 Å². The molecule has 4 fully saturated rings. The zero-order valence-corrected chi connectivity index (χ0v) is 52.8. The first-order valence-electron chi connectivity index (χ1n) is 28.9. The summed E-state index contributed by atoms with van der Waals surface area (Å²) < 4.78 is 38.3. The van der Waals surface area contributed by atoms with E-state index >= 15 is 0 Å². The SMILES string of the molecule is C.COc1nc(N2CCC(N3CCN(C)CC3)CC2)ccc1Nc1nc(Nc2ccccc2P(C)(C)=O)c2ccsc2n1.COc1nc(N2CCC(N3CCN(C)CC3)CC2)ccc1Nc1nc(Nc2ccccc2P(C)(C)=O)c2sccc2n1. The van der Waals surface area contributed by atoms with Gasteiger partial charge in [-0.25, -0.2) is 9.97 Å². The number of piperidine rings is 2. The number of fused-ring (bicyclic) bond motifs is 2. The van der Waals surface area contributed by atoms with Gasteiger partial charge in [0.2, 0.25) is 23.7 Å². The number of pyridine rings is 2. The van der Waals surface area contributed by atoms with Crippen molar-refractivity contribution in [1.29, 1.82) is 0 Å². The fourth-order valence-corrected chi connectivity index (χ4v) is 15.5. The number of aromatic nitrogens is 6. The number of ether oxygens (including phenoxy) is 2. The number of nitrogens with zero attached hydrogens (tertiary/aromatic N) is 12. The zero-order valence-electron chi connectivity index (χ0n) is 49.4. The predicted octanol–water partition coefficient (Wildman–Crippen LogP) is 10.7. The smallest absolute Gasteiger partial charge is 0.239 e. The number of benzene rings is 2. The highest BCUT2D eigenvalue weighted by Gasteiger charge is 2.30. The van der Waals surface area contributed by atoms with E-state index < -0.39 is 14.3 Å². The van der Waals surface area contributed by atoms with Crippen molar-refractivity contribution in [2.24, 2.45) is 0 Å². The Morgan fingerprint density at radius 2 is 0.929 bits per heavy atom. The summed E-state index contributed by atoms with van der Waals surface area (Å²) in [5.41, 5.74) is 3.78. The van der Waals surface area contributed by atoms with E-state index in [0.717, 1.165) is 158 Å². The van der Waals surface area contributed by atoms with E-state index in [2.05, 4.69) is 64.8 Å². The summed E-state index contributed by atoms with van der Waals surface area (Å²) in [6, 6.07) is 28.7. The molecule has 0 unspecified atom stereocenters. The van der Waals surface area contributed by atoms with E-state index in [0.29, 0.717) is 58.8 Å². The Kier molecular flexibility index (Phi) is 19.6. The van der Waals surface area contributed by atoms with Crippen molar-refractivity contribution in [3.05, 3.63) is 95.7 Å². The second-order valence-corrected chi connectivity index (χ2v) is 31.0. The summed E-state index contributed by atoms with van der Waals surface area (Å²) in [4.78, 5) is 44.5. The number of rotatable bonds is 16. The van der Waals surface area contributed by atoms with Gasteiger partial charge in [0, 0.05) is 101 Å². The van der Waals surface area contributed by atoms with Gasteiger partial charge in [-0.1, -0.05) is 31.7 Å². The molecule has 0 spiro atoms. The Bertz CT molecular complexity index is 3420. The van der Waals surface area contributed by atoms with Gasteiger partial charge in [-0.05, 0) is 138 Å². The van der Waals surface area contributed by atoms with Crippen LogP contribution in [0.5, 0.6) is 11.8 Å². The van der Waals surface area contributed by atoms with Crippen LogP contribution < -0.4 is 51.1 Å². The van der Waals surface area contributed by atoms with Gasteiger partial charge >= 0.3 is 0 Å². The van der Waals surface area contributed by atoms with Gasteiger partial charge in [-0.2, -0.15) is 19.9 Å². The lowest BCUT2D eigenvalue weighted by Crippen LogP contribution is -2.52. The van der Waals surface area contributed by atoms with Crippen LogP contribution in [-0.4, -0.2) is 195 Å². The van der Waals surface area contributed by atoms with Crippen molar-refractivity contribution in [3.63, 3.8) is 0 Å². The first kappa shape index (κ1) is 61.6. The molecule has 4 saturated heterocycles. The monoisotopic (exact) mass is 1230 g/mol. The lowest BCUT2D eigenvalue weighted by molar-refractivity contribution is 0.0981. The Labute approximate surface area is 508 Å². The van der Waals surface area contributed by atoms with E-state index in [-0.39, 0.29) is 7.43 Å². The summed E-state index contributed by atoms with van der Waals surface area (Å²) in [5, 5.41) is 20.0. The summed E-state index contributed by atoms with van der Waals surface area (Å²) in [5.74, 6) is 5.01. The maximum absolute atomic E-state index is 13.0. The summed E-state index contributed by atoms with van der Waals surface area (Å²) in [7, 11) is 2.69. The van der Waals surface area contributed by atoms with Crippen LogP contribution in [0.4, 0.5) is 57.9 Å². The second-order valence-electron chi connectivity index (χ2n) is 22.9. The van der Waals surface area contributed by atoms with Crippen LogP contribution in [0.2, 0.25) is 0 Å². The molecule has 8 aromatic rings. The lowest BCUT2D eigenvalue weighted by Gasteiger charge is -2.42. The molecule has 24 heteroatoms. The molecule has 0 atom stereocenters. The number of anilines is 10. The van der Waals surface area contributed by atoms with Gasteiger partial charge in [-0.15, -0.1) is 22.7 Å². The van der Waals surface area contributed by atoms with Crippen molar-refractivity contribution in [1.82, 2.24) is 49.5 Å². The summed E-state index contributed by atoms with van der Waals surface area (Å²) in [6.07, 6.45) is 4.58. The van der Waals surface area contributed by atoms with Gasteiger partial charge in [0.15, 0.2) is 5.82 Å². The fraction of sp³-hybridized carbons (Fsp3) is 0.443. The average molecular weight is 1230 g/mol. The van der Waals surface area contributed by atoms with Crippen molar-refractivity contribution >= 4 is 126 Å². The third kappa shape index (κ3) is 14.7. The van der Waals surface area contributed by atoms with Crippen LogP contribution in [0, 0.1) is 0 Å².